The van der Waals surface area contributed by atoms with E-state index in [4.69, 9.17) is 5.73 Å². The molecule has 1 unspecified atom stereocenters. The van der Waals surface area contributed by atoms with Gasteiger partial charge < -0.3 is 10.6 Å². The van der Waals surface area contributed by atoms with E-state index < -0.39 is 0 Å². The largest absolute Gasteiger partial charge is 0.337 e. The molecule has 1 aliphatic heterocycles. The van der Waals surface area contributed by atoms with Crippen LogP contribution in [-0.2, 0) is 11.3 Å². The van der Waals surface area contributed by atoms with Crippen LogP contribution >= 0.6 is 11.3 Å². The third kappa shape index (κ3) is 2.21. The van der Waals surface area contributed by atoms with Crippen LogP contribution in [0.3, 0.4) is 0 Å². The molecule has 1 saturated heterocycles. The number of rotatable bonds is 2. The summed E-state index contributed by atoms with van der Waals surface area (Å²) in [5, 5.41) is 4.23. The number of nitrogens with two attached hydrogens (primary N) is 1. The second-order valence-corrected chi connectivity index (χ2v) is 4.83. The predicted octanol–water partition coefficient (Wildman–Crippen LogP) is 1.51. The van der Waals surface area contributed by atoms with Crippen molar-refractivity contribution in [1.29, 1.82) is 0 Å². The number of hydrogen-bond donors (Lipinski definition) is 1. The van der Waals surface area contributed by atoms with Crippen LogP contribution in [0.25, 0.3) is 0 Å². The quantitative estimate of drug-likeness (QED) is 0.827. The molecule has 3 nitrogen and oxygen atoms in total. The van der Waals surface area contributed by atoms with Crippen molar-refractivity contribution in [2.24, 2.45) is 5.73 Å². The standard InChI is InChI=1S/C11H16N2OS/c1-8-6-15-7-9(8)5-13-4-2-3-10(12)11(13)14/h6-7,10H,2-5,12H2,1H3. The number of nitrogens with zero attached hydrogens (tertiary/aromatic N) is 1. The van der Waals surface area contributed by atoms with E-state index in [2.05, 4.69) is 17.7 Å². The van der Waals surface area contributed by atoms with Gasteiger partial charge in [-0.05, 0) is 41.7 Å². The topological polar surface area (TPSA) is 46.3 Å². The van der Waals surface area contributed by atoms with E-state index in [1.54, 1.807) is 11.3 Å². The number of thiophene rings is 1. The van der Waals surface area contributed by atoms with Gasteiger partial charge in [0.1, 0.15) is 0 Å². The molecule has 4 heteroatoms. The maximum Gasteiger partial charge on any atom is 0.239 e. The van der Waals surface area contributed by atoms with Crippen LogP contribution in [0.5, 0.6) is 0 Å². The van der Waals surface area contributed by atoms with Crippen LogP contribution in [-0.4, -0.2) is 23.4 Å². The van der Waals surface area contributed by atoms with Crippen molar-refractivity contribution in [3.63, 3.8) is 0 Å². The molecule has 2 rings (SSSR count). The van der Waals surface area contributed by atoms with E-state index in [0.29, 0.717) is 0 Å². The molecule has 2 N–H and O–H groups in total. The molecule has 1 aliphatic rings. The smallest absolute Gasteiger partial charge is 0.239 e. The van der Waals surface area contributed by atoms with E-state index >= 15 is 0 Å². The highest BCUT2D eigenvalue weighted by molar-refractivity contribution is 7.08. The highest BCUT2D eigenvalue weighted by Gasteiger charge is 2.25. The summed E-state index contributed by atoms with van der Waals surface area (Å²) in [5.41, 5.74) is 8.27. The molecule has 0 spiro atoms. The molecule has 0 radical (unpaired) electrons. The van der Waals surface area contributed by atoms with Gasteiger partial charge in [-0.2, -0.15) is 11.3 Å². The maximum absolute atomic E-state index is 11.8. The molecule has 2 heterocycles. The summed E-state index contributed by atoms with van der Waals surface area (Å²) in [4.78, 5) is 13.6. The van der Waals surface area contributed by atoms with E-state index in [-0.39, 0.29) is 11.9 Å². The Bertz CT molecular complexity index is 361. The Hall–Kier alpha value is -0.870. The average molecular weight is 224 g/mol. The summed E-state index contributed by atoms with van der Waals surface area (Å²) in [7, 11) is 0. The molecule has 1 aromatic heterocycles. The van der Waals surface area contributed by atoms with Crippen molar-refractivity contribution in [3.8, 4) is 0 Å². The SMILES string of the molecule is Cc1cscc1CN1CCCC(N)C1=O. The molecule has 0 bridgehead atoms. The molecule has 15 heavy (non-hydrogen) atoms. The van der Waals surface area contributed by atoms with E-state index in [9.17, 15) is 4.79 Å². The normalized spacial score (nSPS) is 22.1. The number of carbonyl (C=O) groups is 1. The summed E-state index contributed by atoms with van der Waals surface area (Å²) in [6, 6.07) is -0.280. The van der Waals surface area contributed by atoms with Crippen LogP contribution in [0.2, 0.25) is 0 Å². The van der Waals surface area contributed by atoms with Crippen LogP contribution < -0.4 is 5.73 Å². The monoisotopic (exact) mass is 224 g/mol. The highest BCUT2D eigenvalue weighted by atomic mass is 32.1. The van der Waals surface area contributed by atoms with Gasteiger partial charge in [-0.3, -0.25) is 4.79 Å². The fourth-order valence-corrected chi connectivity index (χ4v) is 2.73. The van der Waals surface area contributed by atoms with Crippen molar-refractivity contribution in [2.75, 3.05) is 6.54 Å². The number of piperidine rings is 1. The average Bonchev–Trinajstić information content (AvgIpc) is 2.60. The zero-order chi connectivity index (χ0) is 10.8. The zero-order valence-corrected chi connectivity index (χ0v) is 9.72. The number of carbonyl (C=O) groups excluding carboxylic acids is 1. The number of likely N-dealkylation sites (tertiary alicyclic amines) is 1. The van der Waals surface area contributed by atoms with Gasteiger partial charge >= 0.3 is 0 Å². The number of aryl methyl sites for hydroxylation is 1. The molecular weight excluding hydrogens is 208 g/mol. The van der Waals surface area contributed by atoms with Crippen molar-refractivity contribution in [2.45, 2.75) is 32.4 Å². The Morgan fingerprint density at radius 1 is 1.60 bits per heavy atom. The molecule has 0 saturated carbocycles. The number of amides is 1. The first-order valence-electron chi connectivity index (χ1n) is 5.24. The van der Waals surface area contributed by atoms with Crippen molar-refractivity contribution in [3.05, 3.63) is 21.9 Å². The predicted molar refractivity (Wildman–Crippen MR) is 61.7 cm³/mol. The Balaban J connectivity index is 2.05. The molecule has 82 valence electrons. The fraction of sp³-hybridized carbons (Fsp3) is 0.545. The van der Waals surface area contributed by atoms with Gasteiger partial charge in [0.15, 0.2) is 0 Å². The lowest BCUT2D eigenvalue weighted by molar-refractivity contribution is -0.135. The van der Waals surface area contributed by atoms with Gasteiger partial charge in [0.2, 0.25) is 5.91 Å². The molecular formula is C11H16N2OS. The first kappa shape index (κ1) is 10.6. The van der Waals surface area contributed by atoms with Crippen LogP contribution in [0.4, 0.5) is 0 Å². The molecule has 1 amide bonds. The first-order chi connectivity index (χ1) is 7.18. The van der Waals surface area contributed by atoms with Gasteiger partial charge in [0, 0.05) is 13.1 Å². The van der Waals surface area contributed by atoms with Gasteiger partial charge in [0.05, 0.1) is 6.04 Å². The fourth-order valence-electron chi connectivity index (χ4n) is 1.88. The second kappa shape index (κ2) is 4.33. The van der Waals surface area contributed by atoms with Crippen molar-refractivity contribution < 1.29 is 4.79 Å². The van der Waals surface area contributed by atoms with Crippen LogP contribution in [0, 0.1) is 6.92 Å². The molecule has 1 fully saturated rings. The third-order valence-electron chi connectivity index (χ3n) is 2.89. The van der Waals surface area contributed by atoms with E-state index in [0.717, 1.165) is 25.9 Å². The summed E-state index contributed by atoms with van der Waals surface area (Å²) in [5.74, 6) is 0.104. The van der Waals surface area contributed by atoms with E-state index in [1.165, 1.54) is 11.1 Å². The van der Waals surface area contributed by atoms with Gasteiger partial charge in [-0.25, -0.2) is 0 Å². The summed E-state index contributed by atoms with van der Waals surface area (Å²) in [6.45, 7) is 3.66. The molecule has 0 aliphatic carbocycles. The lowest BCUT2D eigenvalue weighted by Crippen LogP contribution is -2.47. The zero-order valence-electron chi connectivity index (χ0n) is 8.90. The van der Waals surface area contributed by atoms with Crippen molar-refractivity contribution in [1.82, 2.24) is 4.90 Å². The van der Waals surface area contributed by atoms with Gasteiger partial charge in [-0.15, -0.1) is 0 Å². The Labute approximate surface area is 93.9 Å². The van der Waals surface area contributed by atoms with Crippen LogP contribution in [0.1, 0.15) is 24.0 Å². The Morgan fingerprint density at radius 2 is 2.40 bits per heavy atom. The molecule has 1 aromatic rings. The lowest BCUT2D eigenvalue weighted by Gasteiger charge is -2.30. The summed E-state index contributed by atoms with van der Waals surface area (Å²) >= 11 is 1.69. The minimum absolute atomic E-state index is 0.104. The van der Waals surface area contributed by atoms with Gasteiger partial charge in [0.25, 0.3) is 0 Å². The minimum Gasteiger partial charge on any atom is -0.337 e. The number of hydrogen-bond acceptors (Lipinski definition) is 3. The Kier molecular flexibility index (Phi) is 3.07. The molecule has 0 aromatic carbocycles. The highest BCUT2D eigenvalue weighted by Crippen LogP contribution is 2.19. The van der Waals surface area contributed by atoms with Crippen LogP contribution in [0.15, 0.2) is 10.8 Å². The van der Waals surface area contributed by atoms with Crippen molar-refractivity contribution >= 4 is 17.2 Å². The molecule has 1 atom stereocenters. The Morgan fingerprint density at radius 3 is 3.07 bits per heavy atom. The lowest BCUT2D eigenvalue weighted by atomic mass is 10.0. The van der Waals surface area contributed by atoms with Gasteiger partial charge in [-0.1, -0.05) is 0 Å². The summed E-state index contributed by atoms with van der Waals surface area (Å²) < 4.78 is 0. The maximum atomic E-state index is 11.8. The first-order valence-corrected chi connectivity index (χ1v) is 6.19. The van der Waals surface area contributed by atoms with E-state index in [1.807, 2.05) is 4.90 Å². The minimum atomic E-state index is -0.280. The summed E-state index contributed by atoms with van der Waals surface area (Å²) in [6.07, 6.45) is 1.86. The third-order valence-corrected chi connectivity index (χ3v) is 3.81. The second-order valence-electron chi connectivity index (χ2n) is 4.09.